The van der Waals surface area contributed by atoms with E-state index in [9.17, 15) is 15.5 Å². The van der Waals surface area contributed by atoms with Gasteiger partial charge in [0.05, 0.1) is 11.4 Å². The van der Waals surface area contributed by atoms with Gasteiger partial charge in [-0.2, -0.15) is 0 Å². The highest BCUT2D eigenvalue weighted by Crippen LogP contribution is 2.52. The molecule has 0 spiro atoms. The van der Waals surface area contributed by atoms with Crippen LogP contribution >= 0.6 is 12.2 Å². The first kappa shape index (κ1) is 15.3. The molecule has 3 N–H and O–H groups in total. The van der Waals surface area contributed by atoms with Crippen LogP contribution < -0.4 is 14.9 Å². The maximum atomic E-state index is 10.5. The Labute approximate surface area is 138 Å². The number of fused-ring (bicyclic) bond motifs is 2. The monoisotopic (exact) mass is 333 g/mol. The zero-order chi connectivity index (χ0) is 16.7. The van der Waals surface area contributed by atoms with Gasteiger partial charge in [-0.15, -0.1) is 0 Å². The van der Waals surface area contributed by atoms with Crippen molar-refractivity contribution in [2.24, 2.45) is 0 Å². The Morgan fingerprint density at radius 3 is 2.22 bits per heavy atom. The molecule has 0 bridgehead atoms. The molecule has 0 aliphatic carbocycles. The molecule has 0 saturated carbocycles. The number of rotatable bonds is 1. The summed E-state index contributed by atoms with van der Waals surface area (Å²) < 4.78 is 5.59. The predicted molar refractivity (Wildman–Crippen MR) is 89.3 cm³/mol. The minimum absolute atomic E-state index is 0.0786. The lowest BCUT2D eigenvalue weighted by Gasteiger charge is -2.34. The van der Waals surface area contributed by atoms with E-state index in [1.54, 1.807) is 49.3 Å². The number of nitrogens with zero attached hydrogens (tertiary/aromatic N) is 3. The van der Waals surface area contributed by atoms with Crippen LogP contribution in [0.2, 0.25) is 0 Å². The van der Waals surface area contributed by atoms with E-state index < -0.39 is 0 Å². The van der Waals surface area contributed by atoms with E-state index in [1.165, 1.54) is 6.07 Å². The van der Waals surface area contributed by atoms with E-state index in [4.69, 9.17) is 17.0 Å². The number of ether oxygens (including phenoxy) is 1. The number of phenolic OH excluding ortho intramolecular Hbond substituents is 1. The molecule has 2 aromatic carbocycles. The Hall–Kier alpha value is -2.55. The number of hydrogen-bond donors (Lipinski definition) is 3. The molecule has 0 fully saturated rings. The van der Waals surface area contributed by atoms with Crippen molar-refractivity contribution in [1.29, 1.82) is 0 Å². The molecule has 1 aliphatic heterocycles. The van der Waals surface area contributed by atoms with Gasteiger partial charge >= 0.3 is 0 Å². The first-order valence-corrected chi connectivity index (χ1v) is 7.14. The van der Waals surface area contributed by atoms with Crippen molar-refractivity contribution in [3.05, 3.63) is 36.4 Å². The number of anilines is 4. The van der Waals surface area contributed by atoms with Crippen molar-refractivity contribution >= 4 is 40.1 Å². The largest absolute Gasteiger partial charge is 0.506 e. The second-order valence-corrected chi connectivity index (χ2v) is 5.50. The van der Waals surface area contributed by atoms with E-state index in [1.807, 2.05) is 0 Å². The van der Waals surface area contributed by atoms with E-state index in [-0.39, 0.29) is 39.4 Å². The molecule has 3 rings (SSSR count). The van der Waals surface area contributed by atoms with E-state index in [2.05, 4.69) is 0 Å². The molecule has 0 radical (unpaired) electrons. The summed E-state index contributed by atoms with van der Waals surface area (Å²) in [6.45, 7) is 0. The zero-order valence-electron chi connectivity index (χ0n) is 12.5. The quantitative estimate of drug-likeness (QED) is 0.687. The van der Waals surface area contributed by atoms with Crippen molar-refractivity contribution in [2.75, 3.05) is 24.2 Å². The lowest BCUT2D eigenvalue weighted by atomic mass is 10.1. The smallest absolute Gasteiger partial charge is 0.264 e. The van der Waals surface area contributed by atoms with Crippen LogP contribution in [0, 0.1) is 0 Å². The third-order valence-electron chi connectivity index (χ3n) is 3.41. The van der Waals surface area contributed by atoms with Crippen LogP contribution in [-0.2, 0) is 0 Å². The summed E-state index contributed by atoms with van der Waals surface area (Å²) in [4.78, 5) is 1.61. The van der Waals surface area contributed by atoms with Gasteiger partial charge in [-0.05, 0) is 36.5 Å². The van der Waals surface area contributed by atoms with Gasteiger partial charge in [-0.3, -0.25) is 10.4 Å². The third-order valence-corrected chi connectivity index (χ3v) is 3.86. The molecule has 0 atom stereocenters. The van der Waals surface area contributed by atoms with Gasteiger partial charge in [0.15, 0.2) is 5.75 Å². The van der Waals surface area contributed by atoms with E-state index in [0.717, 1.165) is 10.1 Å². The average Bonchev–Trinajstić information content (AvgIpc) is 2.52. The standard InChI is InChI=1S/C15H15N3O4S/c1-16(2)15(23)22-12-8-4-6-10-14(12)18(21)9-5-3-7-11(19)13(9)17(10)20/h3-8,19-21H,1-2H3. The highest BCUT2D eigenvalue weighted by Gasteiger charge is 2.32. The number of aromatic hydroxyl groups is 1. The van der Waals surface area contributed by atoms with Crippen molar-refractivity contribution in [3.63, 3.8) is 0 Å². The SMILES string of the molecule is CN(C)C(=S)Oc1cccc2c1N(O)c1cccc(O)c1N2O. The van der Waals surface area contributed by atoms with Crippen molar-refractivity contribution < 1.29 is 20.3 Å². The van der Waals surface area contributed by atoms with Gasteiger partial charge in [-0.1, -0.05) is 12.1 Å². The fourth-order valence-electron chi connectivity index (χ4n) is 2.31. The van der Waals surface area contributed by atoms with Crippen LogP contribution in [0.1, 0.15) is 0 Å². The van der Waals surface area contributed by atoms with Crippen LogP contribution in [0.25, 0.3) is 0 Å². The van der Waals surface area contributed by atoms with Crippen LogP contribution in [0.4, 0.5) is 22.7 Å². The molecule has 8 heteroatoms. The first-order chi connectivity index (χ1) is 10.9. The molecule has 1 aliphatic rings. The molecule has 1 heterocycles. The third kappa shape index (κ3) is 2.42. The predicted octanol–water partition coefficient (Wildman–Crippen LogP) is 2.99. The topological polar surface area (TPSA) is 79.6 Å². The summed E-state index contributed by atoms with van der Waals surface area (Å²) in [6.07, 6.45) is 0. The molecule has 2 aromatic rings. The maximum absolute atomic E-state index is 10.5. The molecule has 0 aromatic heterocycles. The Morgan fingerprint density at radius 2 is 1.57 bits per heavy atom. The zero-order valence-corrected chi connectivity index (χ0v) is 13.3. The summed E-state index contributed by atoms with van der Waals surface area (Å²) in [5, 5.41) is 32.8. The Balaban J connectivity index is 2.14. The van der Waals surface area contributed by atoms with Gasteiger partial charge in [0.25, 0.3) is 5.17 Å². The molecule has 0 saturated heterocycles. The molecular weight excluding hydrogens is 318 g/mol. The summed E-state index contributed by atoms with van der Waals surface area (Å²) in [5.41, 5.74) is 0.763. The Bertz CT molecular complexity index is 781. The summed E-state index contributed by atoms with van der Waals surface area (Å²) in [5.74, 6) is 0.113. The minimum Gasteiger partial charge on any atom is -0.506 e. The molecular formula is C15H15N3O4S. The molecule has 0 amide bonds. The molecule has 23 heavy (non-hydrogen) atoms. The second-order valence-electron chi connectivity index (χ2n) is 5.15. The highest BCUT2D eigenvalue weighted by atomic mass is 32.1. The second kappa shape index (κ2) is 5.58. The number of benzene rings is 2. The normalized spacial score (nSPS) is 12.5. The van der Waals surface area contributed by atoms with Gasteiger partial charge in [0, 0.05) is 14.1 Å². The average molecular weight is 333 g/mol. The van der Waals surface area contributed by atoms with Crippen LogP contribution in [0.5, 0.6) is 11.5 Å². The highest BCUT2D eigenvalue weighted by molar-refractivity contribution is 7.80. The first-order valence-electron chi connectivity index (χ1n) is 6.74. The van der Waals surface area contributed by atoms with Gasteiger partial charge < -0.3 is 14.7 Å². The van der Waals surface area contributed by atoms with Crippen molar-refractivity contribution in [3.8, 4) is 11.5 Å². The molecule has 120 valence electrons. The summed E-state index contributed by atoms with van der Waals surface area (Å²) in [7, 11) is 3.47. The number of hydrogen-bond acceptors (Lipinski definition) is 7. The lowest BCUT2D eigenvalue weighted by Crippen LogP contribution is -2.28. The summed E-state index contributed by atoms with van der Waals surface area (Å²) in [6, 6.07) is 9.39. The van der Waals surface area contributed by atoms with Crippen LogP contribution in [0.3, 0.4) is 0 Å². The number of thiocarbonyl (C=S) groups is 1. The Morgan fingerprint density at radius 1 is 1.00 bits per heavy atom. The maximum Gasteiger partial charge on any atom is 0.264 e. The number of para-hydroxylation sites is 2. The van der Waals surface area contributed by atoms with Crippen LogP contribution in [-0.4, -0.2) is 39.7 Å². The van der Waals surface area contributed by atoms with Gasteiger partial charge in [0.2, 0.25) is 0 Å². The molecule has 0 unspecified atom stereocenters. The van der Waals surface area contributed by atoms with E-state index >= 15 is 0 Å². The van der Waals surface area contributed by atoms with Gasteiger partial charge in [-0.25, -0.2) is 10.1 Å². The Kier molecular flexibility index (Phi) is 3.72. The fraction of sp³-hybridized carbons (Fsp3) is 0.133. The molecule has 7 nitrogen and oxygen atoms in total. The minimum atomic E-state index is -0.162. The summed E-state index contributed by atoms with van der Waals surface area (Å²) >= 11 is 5.12. The lowest BCUT2D eigenvalue weighted by molar-refractivity contribution is 0.268. The van der Waals surface area contributed by atoms with Gasteiger partial charge in [0.1, 0.15) is 17.1 Å². The fourth-order valence-corrected chi connectivity index (χ4v) is 2.40. The van der Waals surface area contributed by atoms with Crippen LogP contribution in [0.15, 0.2) is 36.4 Å². The van der Waals surface area contributed by atoms with Crippen molar-refractivity contribution in [1.82, 2.24) is 4.90 Å². The van der Waals surface area contributed by atoms with E-state index in [0.29, 0.717) is 0 Å². The van der Waals surface area contributed by atoms with Crippen molar-refractivity contribution in [2.45, 2.75) is 0 Å². The number of phenols is 1.